The third-order valence-corrected chi connectivity index (χ3v) is 3.79. The highest BCUT2D eigenvalue weighted by atomic mass is 32.2. The lowest BCUT2D eigenvalue weighted by Crippen LogP contribution is -2.47. The van der Waals surface area contributed by atoms with Crippen molar-refractivity contribution in [3.05, 3.63) is 0 Å². The van der Waals surface area contributed by atoms with E-state index >= 15 is 0 Å². The molecule has 0 aromatic carbocycles. The number of hydrogen-bond donors (Lipinski definition) is 3. The smallest absolute Gasteiger partial charge is 0.209 e. The van der Waals surface area contributed by atoms with Crippen LogP contribution in [0.25, 0.3) is 0 Å². The van der Waals surface area contributed by atoms with Gasteiger partial charge in [0.05, 0.1) is 12.8 Å². The molecule has 0 aliphatic heterocycles. The first-order valence-electron chi connectivity index (χ1n) is 6.67. The predicted molar refractivity (Wildman–Crippen MR) is 78.7 cm³/mol. The third kappa shape index (κ3) is 6.77. The Labute approximate surface area is 116 Å². The first-order valence-corrected chi connectivity index (χ1v) is 8.56. The van der Waals surface area contributed by atoms with Crippen molar-refractivity contribution >= 4 is 16.0 Å². The fourth-order valence-electron chi connectivity index (χ4n) is 1.83. The van der Waals surface area contributed by atoms with Crippen molar-refractivity contribution in [1.82, 2.24) is 15.4 Å². The SMILES string of the molecule is CCNC(=NCC(C)(C)NS(C)(=O)=O)NC1CC1C. The van der Waals surface area contributed by atoms with Crippen molar-refractivity contribution in [3.63, 3.8) is 0 Å². The van der Waals surface area contributed by atoms with E-state index in [-0.39, 0.29) is 0 Å². The van der Waals surface area contributed by atoms with Gasteiger partial charge in [0.1, 0.15) is 0 Å². The minimum absolute atomic E-state index is 0.385. The zero-order valence-electron chi connectivity index (χ0n) is 12.4. The van der Waals surface area contributed by atoms with Crippen LogP contribution in [0.15, 0.2) is 4.99 Å². The Hall–Kier alpha value is -0.820. The van der Waals surface area contributed by atoms with E-state index in [1.807, 2.05) is 20.8 Å². The average molecular weight is 290 g/mol. The summed E-state index contributed by atoms with van der Waals surface area (Å²) in [5.41, 5.74) is -0.592. The largest absolute Gasteiger partial charge is 0.357 e. The van der Waals surface area contributed by atoms with Gasteiger partial charge in [-0.15, -0.1) is 0 Å². The molecule has 1 rings (SSSR count). The summed E-state index contributed by atoms with van der Waals surface area (Å²) in [6, 6.07) is 0.490. The summed E-state index contributed by atoms with van der Waals surface area (Å²) >= 11 is 0. The molecule has 1 saturated carbocycles. The maximum atomic E-state index is 11.3. The molecule has 0 aromatic heterocycles. The van der Waals surface area contributed by atoms with E-state index in [1.165, 1.54) is 0 Å². The Balaban J connectivity index is 2.58. The van der Waals surface area contributed by atoms with Gasteiger partial charge >= 0.3 is 0 Å². The van der Waals surface area contributed by atoms with Gasteiger partial charge < -0.3 is 10.6 Å². The number of sulfonamides is 1. The zero-order valence-corrected chi connectivity index (χ0v) is 13.3. The molecule has 1 aliphatic carbocycles. The molecule has 112 valence electrons. The standard InChI is InChI=1S/C12H26N4O2S/c1-6-13-11(15-10-7-9(10)2)14-8-12(3,4)16-19(5,17)18/h9-10,16H,6-8H2,1-5H3,(H2,13,14,15). The van der Waals surface area contributed by atoms with E-state index in [1.54, 1.807) is 0 Å². The Bertz CT molecular complexity index is 431. The minimum Gasteiger partial charge on any atom is -0.357 e. The molecule has 0 saturated heterocycles. The van der Waals surface area contributed by atoms with Crippen LogP contribution in [-0.4, -0.2) is 45.3 Å². The molecular formula is C12H26N4O2S. The molecule has 7 heteroatoms. The van der Waals surface area contributed by atoms with Crippen molar-refractivity contribution in [1.29, 1.82) is 0 Å². The van der Waals surface area contributed by atoms with E-state index in [4.69, 9.17) is 0 Å². The van der Waals surface area contributed by atoms with Crippen molar-refractivity contribution in [2.24, 2.45) is 10.9 Å². The van der Waals surface area contributed by atoms with Crippen LogP contribution >= 0.6 is 0 Å². The Kier molecular flexibility index (Phi) is 5.20. The summed E-state index contributed by atoms with van der Waals surface area (Å²) in [6.07, 6.45) is 2.32. The molecule has 19 heavy (non-hydrogen) atoms. The Morgan fingerprint density at radius 1 is 1.42 bits per heavy atom. The second-order valence-electron chi connectivity index (χ2n) is 5.92. The lowest BCUT2D eigenvalue weighted by atomic mass is 10.1. The molecule has 0 aromatic rings. The first-order chi connectivity index (χ1) is 8.63. The van der Waals surface area contributed by atoms with Crippen LogP contribution in [0.3, 0.4) is 0 Å². The molecule has 0 bridgehead atoms. The quantitative estimate of drug-likeness (QED) is 0.485. The average Bonchev–Trinajstić information content (AvgIpc) is 2.88. The summed E-state index contributed by atoms with van der Waals surface area (Å²) < 4.78 is 25.1. The zero-order chi connectivity index (χ0) is 14.7. The summed E-state index contributed by atoms with van der Waals surface area (Å²) in [4.78, 5) is 4.45. The summed E-state index contributed by atoms with van der Waals surface area (Å²) in [6.45, 7) is 9.01. The van der Waals surface area contributed by atoms with E-state index < -0.39 is 15.6 Å². The topological polar surface area (TPSA) is 82.6 Å². The summed E-state index contributed by atoms with van der Waals surface area (Å²) in [5, 5.41) is 6.51. The van der Waals surface area contributed by atoms with Gasteiger partial charge in [-0.05, 0) is 33.1 Å². The first kappa shape index (κ1) is 16.2. The van der Waals surface area contributed by atoms with E-state index in [0.29, 0.717) is 18.5 Å². The molecule has 0 heterocycles. The van der Waals surface area contributed by atoms with Crippen molar-refractivity contribution in [3.8, 4) is 0 Å². The molecule has 2 atom stereocenters. The lowest BCUT2D eigenvalue weighted by molar-refractivity contribution is 0.464. The highest BCUT2D eigenvalue weighted by Crippen LogP contribution is 2.28. The van der Waals surface area contributed by atoms with Crippen LogP contribution in [0.4, 0.5) is 0 Å². The van der Waals surface area contributed by atoms with Crippen molar-refractivity contribution < 1.29 is 8.42 Å². The van der Waals surface area contributed by atoms with Gasteiger partial charge in [-0.25, -0.2) is 13.1 Å². The van der Waals surface area contributed by atoms with E-state index in [9.17, 15) is 8.42 Å². The van der Waals surface area contributed by atoms with Gasteiger partial charge in [-0.2, -0.15) is 0 Å². The summed E-state index contributed by atoms with van der Waals surface area (Å²) in [5.74, 6) is 1.44. The number of rotatable bonds is 6. The van der Waals surface area contributed by atoms with Gasteiger partial charge in [0.25, 0.3) is 0 Å². The van der Waals surface area contributed by atoms with Crippen LogP contribution in [0.5, 0.6) is 0 Å². The van der Waals surface area contributed by atoms with Gasteiger partial charge in [0, 0.05) is 18.1 Å². The number of hydrogen-bond acceptors (Lipinski definition) is 3. The second-order valence-corrected chi connectivity index (χ2v) is 7.67. The van der Waals surface area contributed by atoms with Crippen LogP contribution in [0.2, 0.25) is 0 Å². The predicted octanol–water partition coefficient (Wildman–Crippen LogP) is 0.278. The van der Waals surface area contributed by atoms with E-state index in [2.05, 4.69) is 27.3 Å². The molecule has 6 nitrogen and oxygen atoms in total. The number of nitrogens with one attached hydrogen (secondary N) is 3. The second kappa shape index (κ2) is 6.09. The van der Waals surface area contributed by atoms with Gasteiger partial charge in [0.2, 0.25) is 10.0 Å². The number of nitrogens with zero attached hydrogens (tertiary/aromatic N) is 1. The molecule has 1 aliphatic rings. The maximum Gasteiger partial charge on any atom is 0.209 e. The van der Waals surface area contributed by atoms with Crippen LogP contribution in [-0.2, 0) is 10.0 Å². The van der Waals surface area contributed by atoms with E-state index in [0.717, 1.165) is 25.2 Å². The number of guanidine groups is 1. The highest BCUT2D eigenvalue weighted by molar-refractivity contribution is 7.88. The molecule has 0 spiro atoms. The summed E-state index contributed by atoms with van der Waals surface area (Å²) in [7, 11) is -3.22. The maximum absolute atomic E-state index is 11.3. The molecule has 1 fully saturated rings. The number of aliphatic imine (C=N–C) groups is 1. The molecule has 0 radical (unpaired) electrons. The third-order valence-electron chi connectivity index (χ3n) is 2.87. The van der Waals surface area contributed by atoms with Gasteiger partial charge in [-0.3, -0.25) is 4.99 Å². The van der Waals surface area contributed by atoms with Gasteiger partial charge in [0.15, 0.2) is 5.96 Å². The van der Waals surface area contributed by atoms with Crippen LogP contribution < -0.4 is 15.4 Å². The van der Waals surface area contributed by atoms with Crippen LogP contribution in [0.1, 0.15) is 34.1 Å². The minimum atomic E-state index is -3.22. The monoisotopic (exact) mass is 290 g/mol. The van der Waals surface area contributed by atoms with Crippen molar-refractivity contribution in [2.45, 2.75) is 45.7 Å². The normalized spacial score (nSPS) is 24.2. The molecule has 0 amide bonds. The van der Waals surface area contributed by atoms with Gasteiger partial charge in [-0.1, -0.05) is 6.92 Å². The highest BCUT2D eigenvalue weighted by Gasteiger charge is 2.33. The molecule has 2 unspecified atom stereocenters. The molecular weight excluding hydrogens is 264 g/mol. The van der Waals surface area contributed by atoms with Crippen molar-refractivity contribution in [2.75, 3.05) is 19.3 Å². The Morgan fingerprint density at radius 3 is 2.42 bits per heavy atom. The fourth-order valence-corrected chi connectivity index (χ4v) is 2.90. The Morgan fingerprint density at radius 2 is 2.00 bits per heavy atom. The lowest BCUT2D eigenvalue weighted by Gasteiger charge is -2.23. The molecule has 3 N–H and O–H groups in total. The van der Waals surface area contributed by atoms with Crippen LogP contribution in [0, 0.1) is 5.92 Å². The fraction of sp³-hybridized carbons (Fsp3) is 0.917.